The Labute approximate surface area is 206 Å². The van der Waals surface area contributed by atoms with E-state index >= 15 is 0 Å². The molecule has 6 heteroatoms. The molecule has 0 saturated heterocycles. The summed E-state index contributed by atoms with van der Waals surface area (Å²) in [6.45, 7) is 13.4. The third-order valence-corrected chi connectivity index (χ3v) is 7.47. The molecule has 0 radical (unpaired) electrons. The van der Waals surface area contributed by atoms with Gasteiger partial charge in [0, 0.05) is 29.4 Å². The Morgan fingerprint density at radius 1 is 1.12 bits per heavy atom. The molecule has 2 heterocycles. The van der Waals surface area contributed by atoms with Crippen LogP contribution in [0.4, 0.5) is 18.9 Å². The van der Waals surface area contributed by atoms with E-state index in [9.17, 15) is 13.2 Å². The van der Waals surface area contributed by atoms with Gasteiger partial charge in [0.15, 0.2) is 6.54 Å². The van der Waals surface area contributed by atoms with Crippen molar-refractivity contribution in [1.82, 2.24) is 0 Å². The third-order valence-electron chi connectivity index (χ3n) is 6.39. The van der Waals surface area contributed by atoms with Crippen molar-refractivity contribution in [2.45, 2.75) is 52.6 Å². The second-order valence-corrected chi connectivity index (χ2v) is 10.8. The maximum Gasteiger partial charge on any atom is 0.416 e. The molecule has 2 nitrogen and oxygen atoms in total. The average molecular weight is 490 g/mol. The quantitative estimate of drug-likeness (QED) is 0.274. The molecule has 0 bridgehead atoms. The van der Waals surface area contributed by atoms with Crippen LogP contribution in [-0.4, -0.2) is 35.0 Å². The minimum atomic E-state index is -4.35. The average Bonchev–Trinajstić information content (AvgIpc) is 3.31. The summed E-state index contributed by atoms with van der Waals surface area (Å²) in [4.78, 5) is 2.19. The number of nitrogens with zero attached hydrogens (tertiary/aromatic N) is 2. The van der Waals surface area contributed by atoms with Crippen molar-refractivity contribution in [2.75, 3.05) is 30.3 Å². The first-order valence-corrected chi connectivity index (χ1v) is 13.0. The highest BCUT2D eigenvalue weighted by Crippen LogP contribution is 2.49. The van der Waals surface area contributed by atoms with E-state index in [0.29, 0.717) is 5.92 Å². The van der Waals surface area contributed by atoms with Crippen LogP contribution in [0.25, 0.3) is 0 Å². The maximum atomic E-state index is 13.4. The predicted molar refractivity (Wildman–Crippen MR) is 140 cm³/mol. The number of thioether (sulfide) groups is 1. The molecule has 0 saturated carbocycles. The summed E-state index contributed by atoms with van der Waals surface area (Å²) in [5, 5.41) is 1.31. The zero-order valence-corrected chi connectivity index (χ0v) is 21.6. The third kappa shape index (κ3) is 6.07. The fourth-order valence-electron chi connectivity index (χ4n) is 4.39. The Kier molecular flexibility index (Phi) is 8.56. The summed E-state index contributed by atoms with van der Waals surface area (Å²) in [6.07, 6.45) is 10.8. The molecule has 184 valence electrons. The molecule has 0 amide bonds. The minimum Gasteiger partial charge on any atom is -0.344 e. The van der Waals surface area contributed by atoms with E-state index in [-0.39, 0.29) is 0 Å². The van der Waals surface area contributed by atoms with Crippen LogP contribution >= 0.6 is 11.8 Å². The summed E-state index contributed by atoms with van der Waals surface area (Å²) in [5.41, 5.74) is 1.54. The van der Waals surface area contributed by atoms with Gasteiger partial charge in [0.25, 0.3) is 0 Å². The molecule has 0 spiro atoms. The van der Waals surface area contributed by atoms with Gasteiger partial charge >= 0.3 is 6.18 Å². The number of anilines is 1. The minimum absolute atomic E-state index is 0.507. The summed E-state index contributed by atoms with van der Waals surface area (Å²) < 4.78 is 42.5. The van der Waals surface area contributed by atoms with Crippen molar-refractivity contribution in [3.63, 3.8) is 0 Å². The molecular formula is C28H36F3N2S+. The number of halogens is 3. The lowest BCUT2D eigenvalue weighted by Crippen LogP contribution is -2.27. The highest BCUT2D eigenvalue weighted by Gasteiger charge is 2.42. The van der Waals surface area contributed by atoms with Crippen molar-refractivity contribution >= 4 is 22.5 Å². The van der Waals surface area contributed by atoms with Crippen molar-refractivity contribution in [1.29, 1.82) is 0 Å². The normalized spacial score (nSPS) is 19.8. The lowest BCUT2D eigenvalue weighted by molar-refractivity contribution is -0.513. The van der Waals surface area contributed by atoms with Crippen LogP contribution in [0.1, 0.15) is 52.2 Å². The molecule has 2 aliphatic rings. The van der Waals surface area contributed by atoms with Gasteiger partial charge < -0.3 is 4.90 Å². The van der Waals surface area contributed by atoms with E-state index in [1.165, 1.54) is 17.2 Å². The Morgan fingerprint density at radius 3 is 2.50 bits per heavy atom. The van der Waals surface area contributed by atoms with Crippen molar-refractivity contribution < 1.29 is 17.7 Å². The molecule has 1 aromatic carbocycles. The first-order valence-electron chi connectivity index (χ1n) is 12.0. The topological polar surface area (TPSA) is 6.25 Å². The first kappa shape index (κ1) is 26.4. The fourth-order valence-corrected chi connectivity index (χ4v) is 5.48. The van der Waals surface area contributed by atoms with Crippen molar-refractivity contribution in [3.05, 3.63) is 77.6 Å². The second-order valence-electron chi connectivity index (χ2n) is 9.64. The molecule has 0 unspecified atom stereocenters. The van der Waals surface area contributed by atoms with E-state index in [4.69, 9.17) is 0 Å². The molecule has 0 aromatic heterocycles. The second kappa shape index (κ2) is 11.0. The standard InChI is InChI=1S/C28H36F3N2S/c1-6-32-18-19-34-26(32)13-11-9-7-8-10-12-25-27(4,5)23-20-22(28(29,30)31)14-15-24(23)33(25)17-16-21(2)3/h7-15,20-21H,6,16-19H2,1-5H3/q+1. The number of benzene rings is 1. The van der Waals surface area contributed by atoms with Crippen LogP contribution in [0.2, 0.25) is 0 Å². The van der Waals surface area contributed by atoms with Crippen molar-refractivity contribution in [2.24, 2.45) is 5.92 Å². The van der Waals surface area contributed by atoms with E-state index in [0.717, 1.165) is 48.8 Å². The van der Waals surface area contributed by atoms with Gasteiger partial charge in [0.1, 0.15) is 6.54 Å². The van der Waals surface area contributed by atoms with Gasteiger partial charge in [-0.15, -0.1) is 0 Å². The Bertz CT molecular complexity index is 1030. The SMILES string of the molecule is CC[N+]1=C(/C=C/C=C/C=C/C=C2/N(CCC(C)C)c3ccc(C(F)(F)F)cc3C2(C)C)SCC1. The highest BCUT2D eigenvalue weighted by molar-refractivity contribution is 8.14. The maximum absolute atomic E-state index is 13.4. The predicted octanol–water partition coefficient (Wildman–Crippen LogP) is 7.58. The molecule has 0 aliphatic carbocycles. The molecular weight excluding hydrogens is 453 g/mol. The van der Waals surface area contributed by atoms with Crippen LogP contribution in [0.5, 0.6) is 0 Å². The van der Waals surface area contributed by atoms with E-state index in [2.05, 4.69) is 42.4 Å². The van der Waals surface area contributed by atoms with Gasteiger partial charge in [0.2, 0.25) is 5.04 Å². The molecule has 0 fully saturated rings. The summed E-state index contributed by atoms with van der Waals surface area (Å²) in [5.74, 6) is 1.65. The Hall–Kier alpha value is -2.21. The van der Waals surface area contributed by atoms with Gasteiger partial charge in [-0.3, -0.25) is 0 Å². The van der Waals surface area contributed by atoms with Crippen LogP contribution in [-0.2, 0) is 11.6 Å². The van der Waals surface area contributed by atoms with E-state index < -0.39 is 17.2 Å². The van der Waals surface area contributed by atoms with E-state index in [1.807, 2.05) is 56.0 Å². The lowest BCUT2D eigenvalue weighted by Gasteiger charge is -2.27. The number of rotatable bonds is 8. The van der Waals surface area contributed by atoms with Crippen LogP contribution < -0.4 is 4.90 Å². The molecule has 0 N–H and O–H groups in total. The molecule has 0 atom stereocenters. The Morgan fingerprint density at radius 2 is 1.82 bits per heavy atom. The van der Waals surface area contributed by atoms with Crippen molar-refractivity contribution in [3.8, 4) is 0 Å². The van der Waals surface area contributed by atoms with Gasteiger partial charge in [0.05, 0.1) is 11.3 Å². The van der Waals surface area contributed by atoms with E-state index in [1.54, 1.807) is 6.07 Å². The fraction of sp³-hybridized carbons (Fsp3) is 0.464. The van der Waals surface area contributed by atoms with Crippen LogP contribution in [0.3, 0.4) is 0 Å². The van der Waals surface area contributed by atoms with Crippen LogP contribution in [0, 0.1) is 5.92 Å². The summed E-state index contributed by atoms with van der Waals surface area (Å²) in [6, 6.07) is 4.16. The van der Waals surface area contributed by atoms with Gasteiger partial charge in [-0.05, 0) is 49.1 Å². The first-order chi connectivity index (χ1) is 16.1. The molecule has 2 aliphatic heterocycles. The summed E-state index contributed by atoms with van der Waals surface area (Å²) in [7, 11) is 0. The van der Waals surface area contributed by atoms with Crippen LogP contribution in [0.15, 0.2) is 66.4 Å². The smallest absolute Gasteiger partial charge is 0.344 e. The number of alkyl halides is 3. The van der Waals surface area contributed by atoms with Gasteiger partial charge in [-0.1, -0.05) is 69.8 Å². The number of hydrogen-bond acceptors (Lipinski definition) is 2. The zero-order valence-electron chi connectivity index (χ0n) is 20.8. The van der Waals surface area contributed by atoms with Gasteiger partial charge in [-0.2, -0.15) is 13.2 Å². The zero-order chi connectivity index (χ0) is 24.9. The highest BCUT2D eigenvalue weighted by atomic mass is 32.2. The largest absolute Gasteiger partial charge is 0.416 e. The summed E-state index contributed by atoms with van der Waals surface area (Å²) >= 11 is 1.88. The number of fused-ring (bicyclic) bond motifs is 1. The molecule has 34 heavy (non-hydrogen) atoms. The van der Waals surface area contributed by atoms with Gasteiger partial charge in [-0.25, -0.2) is 4.58 Å². The number of hydrogen-bond donors (Lipinski definition) is 0. The lowest BCUT2D eigenvalue weighted by atomic mass is 9.83. The molecule has 1 aromatic rings. The number of allylic oxidation sites excluding steroid dienone is 7. The molecule has 3 rings (SSSR count). The Balaban J connectivity index is 1.82. The monoisotopic (exact) mass is 489 g/mol.